The van der Waals surface area contributed by atoms with Crippen LogP contribution in [0.15, 0.2) is 53.4 Å². The van der Waals surface area contributed by atoms with Crippen LogP contribution >= 0.6 is 11.8 Å². The summed E-state index contributed by atoms with van der Waals surface area (Å²) >= 11 is 1.80. The fraction of sp³-hybridized carbons (Fsp3) is 0.333. The van der Waals surface area contributed by atoms with Crippen LogP contribution in [0.4, 0.5) is 0 Å². The Morgan fingerprint density at radius 3 is 2.67 bits per heavy atom. The number of likely N-dealkylation sites (N-methyl/N-ethyl adjacent to an activating group) is 1. The third kappa shape index (κ3) is 4.26. The van der Waals surface area contributed by atoms with E-state index < -0.39 is 0 Å². The van der Waals surface area contributed by atoms with E-state index in [4.69, 9.17) is 4.74 Å². The summed E-state index contributed by atoms with van der Waals surface area (Å²) in [6.07, 6.45) is 3.09. The molecule has 0 saturated carbocycles. The smallest absolute Gasteiger partial charge is 0.119 e. The molecule has 2 aromatic rings. The summed E-state index contributed by atoms with van der Waals surface area (Å²) in [6.45, 7) is 3.11. The lowest BCUT2D eigenvalue weighted by Gasteiger charge is -2.21. The molecule has 0 heterocycles. The van der Waals surface area contributed by atoms with Crippen molar-refractivity contribution in [2.24, 2.45) is 0 Å². The molecule has 2 rings (SSSR count). The van der Waals surface area contributed by atoms with Gasteiger partial charge in [-0.2, -0.15) is 0 Å². The van der Waals surface area contributed by atoms with Crippen LogP contribution in [0.2, 0.25) is 0 Å². The van der Waals surface area contributed by atoms with Gasteiger partial charge in [-0.05, 0) is 48.5 Å². The van der Waals surface area contributed by atoms with E-state index in [0.717, 1.165) is 18.7 Å². The van der Waals surface area contributed by atoms with Crippen molar-refractivity contribution in [3.05, 3.63) is 59.7 Å². The van der Waals surface area contributed by atoms with Gasteiger partial charge in [0.15, 0.2) is 0 Å². The highest BCUT2D eigenvalue weighted by Gasteiger charge is 2.14. The minimum atomic E-state index is 0.325. The van der Waals surface area contributed by atoms with Crippen molar-refractivity contribution in [2.75, 3.05) is 19.9 Å². The van der Waals surface area contributed by atoms with Crippen molar-refractivity contribution >= 4 is 11.8 Å². The molecule has 0 aliphatic heterocycles. The van der Waals surface area contributed by atoms with E-state index in [-0.39, 0.29) is 0 Å². The SMILES string of the molecule is CCNC(Cc1cccc(OC)c1)c1ccccc1SC. The molecule has 0 bridgehead atoms. The standard InChI is InChI=1S/C18H23NOS/c1-4-19-17(16-10-5-6-11-18(16)21-3)13-14-8-7-9-15(12-14)20-2/h5-12,17,19H,4,13H2,1-3H3. The summed E-state index contributed by atoms with van der Waals surface area (Å²) in [5.74, 6) is 0.918. The fourth-order valence-electron chi connectivity index (χ4n) is 2.53. The van der Waals surface area contributed by atoms with Gasteiger partial charge in [0.05, 0.1) is 7.11 Å². The van der Waals surface area contributed by atoms with Crippen LogP contribution in [-0.4, -0.2) is 19.9 Å². The quantitative estimate of drug-likeness (QED) is 0.770. The van der Waals surface area contributed by atoms with Crippen molar-refractivity contribution in [1.29, 1.82) is 0 Å². The van der Waals surface area contributed by atoms with E-state index in [1.54, 1.807) is 18.9 Å². The Bertz CT molecular complexity index is 571. The van der Waals surface area contributed by atoms with E-state index in [1.807, 2.05) is 6.07 Å². The molecule has 2 nitrogen and oxygen atoms in total. The molecule has 0 aliphatic rings. The van der Waals surface area contributed by atoms with E-state index in [9.17, 15) is 0 Å². The van der Waals surface area contributed by atoms with Crippen molar-refractivity contribution in [3.8, 4) is 5.75 Å². The van der Waals surface area contributed by atoms with Crippen LogP contribution in [0.3, 0.4) is 0 Å². The minimum Gasteiger partial charge on any atom is -0.497 e. The largest absolute Gasteiger partial charge is 0.497 e. The molecule has 0 saturated heterocycles. The second-order valence-corrected chi connectivity index (χ2v) is 5.76. The molecule has 0 aliphatic carbocycles. The first kappa shape index (κ1) is 15.9. The third-order valence-corrected chi connectivity index (χ3v) is 4.35. The fourth-order valence-corrected chi connectivity index (χ4v) is 3.19. The Morgan fingerprint density at radius 1 is 1.14 bits per heavy atom. The first-order chi connectivity index (χ1) is 10.3. The number of ether oxygens (including phenoxy) is 1. The van der Waals surface area contributed by atoms with Crippen molar-refractivity contribution in [2.45, 2.75) is 24.3 Å². The average Bonchev–Trinajstić information content (AvgIpc) is 2.54. The maximum absolute atomic E-state index is 5.32. The summed E-state index contributed by atoms with van der Waals surface area (Å²) in [4.78, 5) is 1.34. The Kier molecular flexibility index (Phi) is 6.15. The predicted molar refractivity (Wildman–Crippen MR) is 91.3 cm³/mol. The van der Waals surface area contributed by atoms with Gasteiger partial charge in [-0.15, -0.1) is 11.8 Å². The molecule has 0 fully saturated rings. The molecular formula is C18H23NOS. The molecule has 0 radical (unpaired) electrons. The molecule has 2 aromatic carbocycles. The molecular weight excluding hydrogens is 278 g/mol. The summed E-state index contributed by atoms with van der Waals surface area (Å²) in [6, 6.07) is 17.3. The normalized spacial score (nSPS) is 12.1. The topological polar surface area (TPSA) is 21.3 Å². The highest BCUT2D eigenvalue weighted by Crippen LogP contribution is 2.28. The van der Waals surface area contributed by atoms with Gasteiger partial charge in [-0.1, -0.05) is 37.3 Å². The highest BCUT2D eigenvalue weighted by atomic mass is 32.2. The van der Waals surface area contributed by atoms with Gasteiger partial charge in [-0.3, -0.25) is 0 Å². The molecule has 1 unspecified atom stereocenters. The minimum absolute atomic E-state index is 0.325. The first-order valence-corrected chi connectivity index (χ1v) is 8.50. The number of methoxy groups -OCH3 is 1. The summed E-state index contributed by atoms with van der Waals surface area (Å²) in [7, 11) is 1.71. The first-order valence-electron chi connectivity index (χ1n) is 7.27. The van der Waals surface area contributed by atoms with Gasteiger partial charge in [0.1, 0.15) is 5.75 Å². The van der Waals surface area contributed by atoms with E-state index in [2.05, 4.69) is 61.0 Å². The van der Waals surface area contributed by atoms with Gasteiger partial charge < -0.3 is 10.1 Å². The van der Waals surface area contributed by atoms with Gasteiger partial charge in [0, 0.05) is 10.9 Å². The maximum atomic E-state index is 5.32. The molecule has 3 heteroatoms. The summed E-state index contributed by atoms with van der Waals surface area (Å²) in [5, 5.41) is 3.61. The second kappa shape index (κ2) is 8.11. The zero-order valence-electron chi connectivity index (χ0n) is 12.9. The summed E-state index contributed by atoms with van der Waals surface area (Å²) in [5.41, 5.74) is 2.66. The number of nitrogens with one attached hydrogen (secondary N) is 1. The van der Waals surface area contributed by atoms with Crippen LogP contribution in [0.5, 0.6) is 5.75 Å². The van der Waals surface area contributed by atoms with Crippen LogP contribution in [-0.2, 0) is 6.42 Å². The van der Waals surface area contributed by atoms with Crippen LogP contribution in [0.25, 0.3) is 0 Å². The maximum Gasteiger partial charge on any atom is 0.119 e. The van der Waals surface area contributed by atoms with E-state index in [1.165, 1.54) is 16.0 Å². The van der Waals surface area contributed by atoms with Crippen molar-refractivity contribution < 1.29 is 4.74 Å². The number of hydrogen-bond donors (Lipinski definition) is 1. The molecule has 0 spiro atoms. The number of rotatable bonds is 7. The number of hydrogen-bond acceptors (Lipinski definition) is 3. The molecule has 0 amide bonds. The molecule has 1 N–H and O–H groups in total. The number of benzene rings is 2. The van der Waals surface area contributed by atoms with Crippen molar-refractivity contribution in [1.82, 2.24) is 5.32 Å². The van der Waals surface area contributed by atoms with Gasteiger partial charge in [0.2, 0.25) is 0 Å². The molecule has 21 heavy (non-hydrogen) atoms. The molecule has 112 valence electrons. The van der Waals surface area contributed by atoms with E-state index >= 15 is 0 Å². The van der Waals surface area contributed by atoms with E-state index in [0.29, 0.717) is 6.04 Å². The molecule has 1 atom stereocenters. The van der Waals surface area contributed by atoms with Crippen LogP contribution in [0, 0.1) is 0 Å². The Labute approximate surface area is 131 Å². The third-order valence-electron chi connectivity index (χ3n) is 3.54. The second-order valence-electron chi connectivity index (χ2n) is 4.91. The Balaban J connectivity index is 2.26. The lowest BCUT2D eigenvalue weighted by atomic mass is 9.98. The molecule has 0 aromatic heterocycles. The van der Waals surface area contributed by atoms with Crippen LogP contribution in [0.1, 0.15) is 24.1 Å². The Hall–Kier alpha value is -1.45. The summed E-state index contributed by atoms with van der Waals surface area (Å²) < 4.78 is 5.32. The van der Waals surface area contributed by atoms with Crippen LogP contribution < -0.4 is 10.1 Å². The number of thioether (sulfide) groups is 1. The highest BCUT2D eigenvalue weighted by molar-refractivity contribution is 7.98. The van der Waals surface area contributed by atoms with Gasteiger partial charge >= 0.3 is 0 Å². The lowest BCUT2D eigenvalue weighted by Crippen LogP contribution is -2.23. The predicted octanol–water partition coefficient (Wildman–Crippen LogP) is 4.31. The van der Waals surface area contributed by atoms with Crippen molar-refractivity contribution in [3.63, 3.8) is 0 Å². The van der Waals surface area contributed by atoms with Gasteiger partial charge in [0.25, 0.3) is 0 Å². The zero-order chi connectivity index (χ0) is 15.1. The van der Waals surface area contributed by atoms with Gasteiger partial charge in [-0.25, -0.2) is 0 Å². The zero-order valence-corrected chi connectivity index (χ0v) is 13.7. The monoisotopic (exact) mass is 301 g/mol. The Morgan fingerprint density at radius 2 is 1.95 bits per heavy atom. The average molecular weight is 301 g/mol. The lowest BCUT2D eigenvalue weighted by molar-refractivity contribution is 0.414.